The maximum Gasteiger partial charge on any atom is 0.134 e. The summed E-state index contributed by atoms with van der Waals surface area (Å²) in [6, 6.07) is 69.7. The van der Waals surface area contributed by atoms with Crippen molar-refractivity contribution in [1.29, 1.82) is 0 Å². The number of aromatic nitrogens is 1. The van der Waals surface area contributed by atoms with E-state index in [1.807, 2.05) is 11.3 Å². The van der Waals surface area contributed by atoms with Crippen LogP contribution in [-0.2, 0) is 0 Å². The standard InChI is InChI=1S/C52H35N3S/c1-3-12-34(13-4-1)35-22-24-36(25-23-35)37-26-28-38(29-27-37)45-33-46(54-52(53-45)39-14-5-2-6-15-39)42-18-11-20-48-51(42)43-17-7-9-19-47(43)55(48)40-30-31-50-44(32-40)41-16-8-10-21-49(41)56-50/h1-33,46H,(H,53,54). The Bertz CT molecular complexity index is 3130. The Morgan fingerprint density at radius 2 is 1.02 bits per heavy atom. The first kappa shape index (κ1) is 32.4. The van der Waals surface area contributed by atoms with Gasteiger partial charge in [-0.3, -0.25) is 0 Å². The summed E-state index contributed by atoms with van der Waals surface area (Å²) in [5.41, 5.74) is 12.7. The van der Waals surface area contributed by atoms with E-state index in [2.05, 4.69) is 210 Å². The van der Waals surface area contributed by atoms with Crippen molar-refractivity contribution in [3.8, 4) is 27.9 Å². The molecule has 1 N–H and O–H groups in total. The van der Waals surface area contributed by atoms with Crippen molar-refractivity contribution >= 4 is 64.8 Å². The van der Waals surface area contributed by atoms with E-state index in [4.69, 9.17) is 4.99 Å². The molecule has 56 heavy (non-hydrogen) atoms. The Labute approximate surface area is 329 Å². The SMILES string of the molecule is C1=C(c2ccc(-c3ccc(-c4ccccc4)cc3)cc2)N=C(c2ccccc2)NC1c1cccc2c1c1ccccc1n2-c1ccc2sc3ccccc3c2c1. The molecule has 1 aliphatic rings. The van der Waals surface area contributed by atoms with E-state index in [9.17, 15) is 0 Å². The van der Waals surface area contributed by atoms with Crippen LogP contribution in [0.1, 0.15) is 22.7 Å². The number of hydrogen-bond donors (Lipinski definition) is 1. The quantitative estimate of drug-likeness (QED) is 0.181. The number of fused-ring (bicyclic) bond motifs is 6. The van der Waals surface area contributed by atoms with Crippen LogP contribution < -0.4 is 5.32 Å². The summed E-state index contributed by atoms with van der Waals surface area (Å²) in [4.78, 5) is 5.25. The van der Waals surface area contributed by atoms with Gasteiger partial charge in [0.2, 0.25) is 0 Å². The van der Waals surface area contributed by atoms with E-state index in [0.29, 0.717) is 0 Å². The normalized spacial score (nSPS) is 14.2. The van der Waals surface area contributed by atoms with Crippen LogP contribution >= 0.6 is 11.3 Å². The fourth-order valence-corrected chi connectivity index (χ4v) is 9.45. The molecule has 0 bridgehead atoms. The van der Waals surface area contributed by atoms with Crippen LogP contribution in [0.3, 0.4) is 0 Å². The largest absolute Gasteiger partial charge is 0.359 e. The first-order valence-corrected chi connectivity index (χ1v) is 19.9. The zero-order valence-electron chi connectivity index (χ0n) is 30.4. The molecule has 0 saturated heterocycles. The van der Waals surface area contributed by atoms with Gasteiger partial charge in [-0.2, -0.15) is 0 Å². The second-order valence-electron chi connectivity index (χ2n) is 14.4. The van der Waals surface area contributed by atoms with Crippen molar-refractivity contribution in [2.75, 3.05) is 0 Å². The lowest BCUT2D eigenvalue weighted by atomic mass is 9.95. The molecule has 264 valence electrons. The Morgan fingerprint density at radius 3 is 1.75 bits per heavy atom. The average Bonchev–Trinajstić information content (AvgIpc) is 3.82. The van der Waals surface area contributed by atoms with Gasteiger partial charge in [0.25, 0.3) is 0 Å². The second kappa shape index (κ2) is 13.4. The summed E-state index contributed by atoms with van der Waals surface area (Å²) in [6.07, 6.45) is 2.29. The Hall–Kier alpha value is -7.01. The molecule has 0 radical (unpaired) electrons. The maximum absolute atomic E-state index is 5.25. The van der Waals surface area contributed by atoms with Crippen molar-refractivity contribution in [1.82, 2.24) is 9.88 Å². The van der Waals surface area contributed by atoms with E-state index < -0.39 is 0 Å². The fourth-order valence-electron chi connectivity index (χ4n) is 8.37. The summed E-state index contributed by atoms with van der Waals surface area (Å²) in [5.74, 6) is 0.865. The number of para-hydroxylation sites is 1. The summed E-state index contributed by atoms with van der Waals surface area (Å²) in [5, 5.41) is 8.94. The van der Waals surface area contributed by atoms with E-state index in [1.54, 1.807) is 0 Å². The lowest BCUT2D eigenvalue weighted by Crippen LogP contribution is -2.31. The van der Waals surface area contributed by atoms with Crippen molar-refractivity contribution in [3.63, 3.8) is 0 Å². The molecule has 0 spiro atoms. The number of hydrogen-bond acceptors (Lipinski definition) is 3. The van der Waals surface area contributed by atoms with Crippen molar-refractivity contribution in [3.05, 3.63) is 217 Å². The van der Waals surface area contributed by atoms with Crippen LogP contribution in [0.15, 0.2) is 205 Å². The Kier molecular flexibility index (Phi) is 7.75. The molecule has 0 saturated carbocycles. The molecule has 3 heterocycles. The Balaban J connectivity index is 1.02. The molecule has 1 unspecified atom stereocenters. The molecule has 4 heteroatoms. The number of aliphatic imine (C=N–C) groups is 1. The maximum atomic E-state index is 5.25. The lowest BCUT2D eigenvalue weighted by Gasteiger charge is -2.25. The third-order valence-electron chi connectivity index (χ3n) is 11.1. The molecule has 3 nitrogen and oxygen atoms in total. The molecule has 2 aromatic heterocycles. The third-order valence-corrected chi connectivity index (χ3v) is 12.2. The monoisotopic (exact) mass is 733 g/mol. The van der Waals surface area contributed by atoms with Gasteiger partial charge in [0, 0.05) is 42.2 Å². The van der Waals surface area contributed by atoms with Gasteiger partial charge in [-0.15, -0.1) is 11.3 Å². The van der Waals surface area contributed by atoms with Gasteiger partial charge < -0.3 is 9.88 Å². The summed E-state index contributed by atoms with van der Waals surface area (Å²) in [6.45, 7) is 0. The molecule has 1 atom stereocenters. The van der Waals surface area contributed by atoms with Crippen LogP contribution in [0.25, 0.3) is 75.6 Å². The van der Waals surface area contributed by atoms with Gasteiger partial charge in [-0.1, -0.05) is 158 Å². The molecule has 0 amide bonds. The van der Waals surface area contributed by atoms with Crippen LogP contribution in [0, 0.1) is 0 Å². The van der Waals surface area contributed by atoms with Gasteiger partial charge in [0.15, 0.2) is 0 Å². The van der Waals surface area contributed by atoms with E-state index in [1.165, 1.54) is 75.5 Å². The van der Waals surface area contributed by atoms with Gasteiger partial charge >= 0.3 is 0 Å². The van der Waals surface area contributed by atoms with Crippen molar-refractivity contribution in [2.24, 2.45) is 4.99 Å². The minimum Gasteiger partial charge on any atom is -0.359 e. The molecular formula is C52H35N3S. The number of nitrogens with zero attached hydrogens (tertiary/aromatic N) is 2. The molecular weight excluding hydrogens is 699 g/mol. The average molecular weight is 734 g/mol. The highest BCUT2D eigenvalue weighted by molar-refractivity contribution is 7.25. The molecule has 0 aliphatic carbocycles. The van der Waals surface area contributed by atoms with Crippen molar-refractivity contribution in [2.45, 2.75) is 6.04 Å². The highest BCUT2D eigenvalue weighted by atomic mass is 32.1. The topological polar surface area (TPSA) is 29.3 Å². The summed E-state index contributed by atoms with van der Waals surface area (Å²) < 4.78 is 5.06. The van der Waals surface area contributed by atoms with Gasteiger partial charge in [0.05, 0.1) is 22.8 Å². The molecule has 11 rings (SSSR count). The summed E-state index contributed by atoms with van der Waals surface area (Å²) >= 11 is 1.86. The van der Waals surface area contributed by atoms with Crippen LogP contribution in [0.4, 0.5) is 0 Å². The molecule has 1 aliphatic heterocycles. The fraction of sp³-hybridized carbons (Fsp3) is 0.0192. The molecule has 0 fully saturated rings. The van der Waals surface area contributed by atoms with E-state index >= 15 is 0 Å². The number of rotatable bonds is 6. The van der Waals surface area contributed by atoms with Crippen LogP contribution in [-0.4, -0.2) is 10.4 Å². The van der Waals surface area contributed by atoms with E-state index in [0.717, 1.165) is 22.7 Å². The highest BCUT2D eigenvalue weighted by Crippen LogP contribution is 2.41. The van der Waals surface area contributed by atoms with E-state index in [-0.39, 0.29) is 6.04 Å². The number of nitrogens with one attached hydrogen (secondary N) is 1. The predicted molar refractivity (Wildman–Crippen MR) is 238 cm³/mol. The zero-order valence-corrected chi connectivity index (χ0v) is 31.2. The van der Waals surface area contributed by atoms with Gasteiger partial charge in [-0.05, 0) is 75.9 Å². The predicted octanol–water partition coefficient (Wildman–Crippen LogP) is 13.6. The minimum atomic E-state index is -0.117. The zero-order chi connectivity index (χ0) is 37.0. The second-order valence-corrected chi connectivity index (χ2v) is 15.5. The van der Waals surface area contributed by atoms with Gasteiger partial charge in [0.1, 0.15) is 5.84 Å². The van der Waals surface area contributed by atoms with Crippen molar-refractivity contribution < 1.29 is 0 Å². The van der Waals surface area contributed by atoms with Crippen LogP contribution in [0.5, 0.6) is 0 Å². The molecule has 10 aromatic rings. The highest BCUT2D eigenvalue weighted by Gasteiger charge is 2.24. The van der Waals surface area contributed by atoms with Gasteiger partial charge in [-0.25, -0.2) is 4.99 Å². The number of amidine groups is 1. The Morgan fingerprint density at radius 1 is 0.446 bits per heavy atom. The molecule has 8 aromatic carbocycles. The minimum absolute atomic E-state index is 0.117. The van der Waals surface area contributed by atoms with Crippen LogP contribution in [0.2, 0.25) is 0 Å². The number of thiophene rings is 1. The smallest absolute Gasteiger partial charge is 0.134 e. The summed E-state index contributed by atoms with van der Waals surface area (Å²) in [7, 11) is 0. The number of benzene rings is 8. The third kappa shape index (κ3) is 5.54. The first-order valence-electron chi connectivity index (χ1n) is 19.1. The lowest BCUT2D eigenvalue weighted by molar-refractivity contribution is 0.788. The first-order chi connectivity index (χ1) is 27.7.